The molecule has 0 bridgehead atoms. The summed E-state index contributed by atoms with van der Waals surface area (Å²) in [7, 11) is 0. The zero-order valence-electron chi connectivity index (χ0n) is 18.8. The van der Waals surface area contributed by atoms with Gasteiger partial charge in [0, 0.05) is 22.8 Å². The molecule has 4 heteroatoms. The Morgan fingerprint density at radius 2 is 1.91 bits per heavy atom. The van der Waals surface area contributed by atoms with Crippen LogP contribution in [0.1, 0.15) is 67.7 Å². The van der Waals surface area contributed by atoms with Crippen LogP contribution in [0.5, 0.6) is 0 Å². The van der Waals surface area contributed by atoms with E-state index in [-0.39, 0.29) is 11.3 Å². The SMILES string of the molecule is O=C1Nc2cccc3c2C1(CCCCN1CCC(c2cc4ccccc4[nH]2)CC1)CCC3. The molecule has 2 N–H and O–H groups in total. The van der Waals surface area contributed by atoms with Crippen molar-refractivity contribution in [1.29, 1.82) is 0 Å². The summed E-state index contributed by atoms with van der Waals surface area (Å²) < 4.78 is 0. The van der Waals surface area contributed by atoms with Crippen LogP contribution >= 0.6 is 0 Å². The van der Waals surface area contributed by atoms with Crippen LogP contribution in [0.3, 0.4) is 0 Å². The van der Waals surface area contributed by atoms with Crippen molar-refractivity contribution < 1.29 is 4.79 Å². The van der Waals surface area contributed by atoms with E-state index in [1.807, 2.05) is 0 Å². The first kappa shape index (κ1) is 20.0. The van der Waals surface area contributed by atoms with E-state index in [0.717, 1.165) is 44.3 Å². The first-order valence-corrected chi connectivity index (χ1v) is 12.5. The van der Waals surface area contributed by atoms with Gasteiger partial charge in [0.15, 0.2) is 0 Å². The molecule has 1 atom stereocenters. The van der Waals surface area contributed by atoms with E-state index in [1.165, 1.54) is 60.1 Å². The molecule has 0 saturated carbocycles. The fourth-order valence-electron chi connectivity index (χ4n) is 6.56. The van der Waals surface area contributed by atoms with Crippen LogP contribution in [-0.2, 0) is 16.6 Å². The summed E-state index contributed by atoms with van der Waals surface area (Å²) in [4.78, 5) is 19.2. The van der Waals surface area contributed by atoms with Gasteiger partial charge in [-0.15, -0.1) is 0 Å². The highest BCUT2D eigenvalue weighted by atomic mass is 16.2. The fourth-order valence-corrected chi connectivity index (χ4v) is 6.56. The van der Waals surface area contributed by atoms with Crippen molar-refractivity contribution in [3.05, 3.63) is 65.4 Å². The molecule has 3 aliphatic rings. The molecule has 1 saturated heterocycles. The molecule has 32 heavy (non-hydrogen) atoms. The van der Waals surface area contributed by atoms with Crippen LogP contribution in [0.25, 0.3) is 10.9 Å². The van der Waals surface area contributed by atoms with E-state index in [2.05, 4.69) is 63.7 Å². The lowest BCUT2D eigenvalue weighted by molar-refractivity contribution is -0.121. The van der Waals surface area contributed by atoms with Gasteiger partial charge in [0.2, 0.25) is 5.91 Å². The predicted molar refractivity (Wildman–Crippen MR) is 130 cm³/mol. The van der Waals surface area contributed by atoms with E-state index in [0.29, 0.717) is 5.92 Å². The van der Waals surface area contributed by atoms with Crippen molar-refractivity contribution in [3.8, 4) is 0 Å². The van der Waals surface area contributed by atoms with Crippen LogP contribution in [0.4, 0.5) is 5.69 Å². The van der Waals surface area contributed by atoms with Crippen molar-refractivity contribution in [2.75, 3.05) is 25.0 Å². The summed E-state index contributed by atoms with van der Waals surface area (Å²) in [6, 6.07) is 17.3. The average Bonchev–Trinajstić information content (AvgIpc) is 3.38. The lowest BCUT2D eigenvalue weighted by Gasteiger charge is -2.34. The molecule has 1 aliphatic carbocycles. The van der Waals surface area contributed by atoms with E-state index in [1.54, 1.807) is 0 Å². The number of unbranched alkanes of at least 4 members (excludes halogenated alkanes) is 1. The Morgan fingerprint density at radius 3 is 2.78 bits per heavy atom. The maximum Gasteiger partial charge on any atom is 0.235 e. The molecule has 3 aromatic rings. The van der Waals surface area contributed by atoms with Gasteiger partial charge in [-0.05, 0) is 99.3 Å². The quantitative estimate of drug-likeness (QED) is 0.493. The second kappa shape index (κ2) is 8.08. The number of aryl methyl sites for hydroxylation is 1. The number of piperidine rings is 1. The van der Waals surface area contributed by atoms with Crippen LogP contribution in [0.2, 0.25) is 0 Å². The highest BCUT2D eigenvalue weighted by Crippen LogP contribution is 2.49. The Hall–Kier alpha value is -2.59. The van der Waals surface area contributed by atoms with E-state index in [9.17, 15) is 4.79 Å². The third-order valence-corrected chi connectivity index (χ3v) is 8.27. The normalized spacial score (nSPS) is 23.4. The number of fused-ring (bicyclic) bond motifs is 1. The summed E-state index contributed by atoms with van der Waals surface area (Å²) >= 11 is 0. The van der Waals surface area contributed by atoms with Crippen molar-refractivity contribution in [2.24, 2.45) is 0 Å². The Bertz CT molecular complexity index is 1110. The summed E-state index contributed by atoms with van der Waals surface area (Å²) in [5.41, 5.74) is 6.21. The number of aromatic amines is 1. The molecule has 0 spiro atoms. The predicted octanol–water partition coefficient (Wildman–Crippen LogP) is 5.74. The molecule has 6 rings (SSSR count). The zero-order chi connectivity index (χ0) is 21.5. The minimum Gasteiger partial charge on any atom is -0.358 e. The Kier molecular flexibility index (Phi) is 5.06. The summed E-state index contributed by atoms with van der Waals surface area (Å²) in [6.07, 6.45) is 9.03. The molecule has 2 aromatic carbocycles. The van der Waals surface area contributed by atoms with Crippen LogP contribution in [0.15, 0.2) is 48.5 Å². The minimum absolute atomic E-state index is 0.249. The van der Waals surface area contributed by atoms with Crippen LogP contribution in [0, 0.1) is 0 Å². The molecule has 1 unspecified atom stereocenters. The monoisotopic (exact) mass is 427 g/mol. The molecule has 2 aliphatic heterocycles. The first-order chi connectivity index (χ1) is 15.7. The van der Waals surface area contributed by atoms with E-state index >= 15 is 0 Å². The van der Waals surface area contributed by atoms with Crippen molar-refractivity contribution in [2.45, 2.75) is 62.7 Å². The van der Waals surface area contributed by atoms with E-state index < -0.39 is 0 Å². The number of hydrogen-bond donors (Lipinski definition) is 2. The first-order valence-electron chi connectivity index (χ1n) is 12.5. The van der Waals surface area contributed by atoms with Gasteiger partial charge in [0.25, 0.3) is 0 Å². The van der Waals surface area contributed by atoms with Gasteiger partial charge < -0.3 is 15.2 Å². The number of aromatic nitrogens is 1. The second-order valence-corrected chi connectivity index (χ2v) is 10.1. The molecular weight excluding hydrogens is 394 g/mol. The Labute approximate surface area is 190 Å². The van der Waals surface area contributed by atoms with Crippen molar-refractivity contribution in [3.63, 3.8) is 0 Å². The summed E-state index contributed by atoms with van der Waals surface area (Å²) in [5, 5.41) is 4.51. The standard InChI is InChI=1S/C28H33N3O/c32-27-28(15-6-9-21-8-5-11-24(30-27)26(21)28)14-3-4-16-31-17-12-20(13-18-31)25-19-22-7-1-2-10-23(22)29-25/h1-2,5,7-8,10-11,19-20,29H,3-4,6,9,12-18H2,(H,30,32). The van der Waals surface area contributed by atoms with Gasteiger partial charge in [-0.3, -0.25) is 4.79 Å². The van der Waals surface area contributed by atoms with Crippen molar-refractivity contribution in [1.82, 2.24) is 9.88 Å². The number of nitrogens with zero attached hydrogens (tertiary/aromatic N) is 1. The second-order valence-electron chi connectivity index (χ2n) is 10.1. The fraction of sp³-hybridized carbons (Fsp3) is 0.464. The number of benzene rings is 2. The topological polar surface area (TPSA) is 48.1 Å². The zero-order valence-corrected chi connectivity index (χ0v) is 18.8. The van der Waals surface area contributed by atoms with Gasteiger partial charge in [-0.1, -0.05) is 36.8 Å². The number of hydrogen-bond acceptors (Lipinski definition) is 2. The van der Waals surface area contributed by atoms with Gasteiger partial charge in [0.05, 0.1) is 5.41 Å². The number of carbonyl (C=O) groups excluding carboxylic acids is 1. The highest BCUT2D eigenvalue weighted by Gasteiger charge is 2.48. The van der Waals surface area contributed by atoms with Gasteiger partial charge in [0.1, 0.15) is 0 Å². The number of nitrogens with one attached hydrogen (secondary N) is 2. The third-order valence-electron chi connectivity index (χ3n) is 8.27. The molecule has 0 radical (unpaired) electrons. The van der Waals surface area contributed by atoms with Gasteiger partial charge in [-0.25, -0.2) is 0 Å². The molecular formula is C28H33N3O. The van der Waals surface area contributed by atoms with Crippen LogP contribution in [-0.4, -0.2) is 35.4 Å². The third kappa shape index (κ3) is 3.36. The molecule has 1 aromatic heterocycles. The van der Waals surface area contributed by atoms with Crippen molar-refractivity contribution >= 4 is 22.5 Å². The molecule has 166 valence electrons. The maximum atomic E-state index is 13.0. The lowest BCUT2D eigenvalue weighted by Crippen LogP contribution is -2.38. The minimum atomic E-state index is -0.257. The maximum absolute atomic E-state index is 13.0. The van der Waals surface area contributed by atoms with Gasteiger partial charge >= 0.3 is 0 Å². The number of carbonyl (C=O) groups is 1. The summed E-state index contributed by atoms with van der Waals surface area (Å²) in [6.45, 7) is 3.52. The molecule has 1 fully saturated rings. The number of anilines is 1. The number of rotatable bonds is 6. The van der Waals surface area contributed by atoms with E-state index in [4.69, 9.17) is 0 Å². The summed E-state index contributed by atoms with van der Waals surface area (Å²) in [5.74, 6) is 0.899. The molecule has 1 amide bonds. The number of para-hydroxylation sites is 1. The largest absolute Gasteiger partial charge is 0.358 e. The number of H-pyrrole nitrogens is 1. The smallest absolute Gasteiger partial charge is 0.235 e. The Morgan fingerprint density at radius 1 is 1.03 bits per heavy atom. The highest BCUT2D eigenvalue weighted by molar-refractivity contribution is 6.07. The number of likely N-dealkylation sites (tertiary alicyclic amines) is 1. The average molecular weight is 428 g/mol. The van der Waals surface area contributed by atoms with Crippen LogP contribution < -0.4 is 5.32 Å². The molecule has 4 nitrogen and oxygen atoms in total. The molecule has 3 heterocycles. The number of amides is 1. The van der Waals surface area contributed by atoms with Gasteiger partial charge in [-0.2, -0.15) is 0 Å². The lowest BCUT2D eigenvalue weighted by atomic mass is 9.68. The Balaban J connectivity index is 1.02.